The molecule has 1 fully saturated rings. The first kappa shape index (κ1) is 15.2. The van der Waals surface area contributed by atoms with Crippen molar-refractivity contribution in [3.8, 4) is 0 Å². The molecule has 0 spiro atoms. The lowest BCUT2D eigenvalue weighted by molar-refractivity contribution is 0.0797. The van der Waals surface area contributed by atoms with Gasteiger partial charge < -0.3 is 9.80 Å². The van der Waals surface area contributed by atoms with Crippen LogP contribution in [0.3, 0.4) is 0 Å². The standard InChI is InChI=1S/C16H22N4OS/c1-4-19(5-2)14-12-11(3)13(22-15(12)18-10-17-14)16(21)20-8-6-7-9-20/h10H,4-9H2,1-3H3. The topological polar surface area (TPSA) is 49.3 Å². The molecule has 3 rings (SSSR count). The third-order valence-corrected chi connectivity index (χ3v) is 5.55. The van der Waals surface area contributed by atoms with E-state index in [9.17, 15) is 4.79 Å². The summed E-state index contributed by atoms with van der Waals surface area (Å²) in [7, 11) is 0. The van der Waals surface area contributed by atoms with E-state index >= 15 is 0 Å². The number of carbonyl (C=O) groups excluding carboxylic acids is 1. The van der Waals surface area contributed by atoms with E-state index in [-0.39, 0.29) is 5.91 Å². The number of fused-ring (bicyclic) bond motifs is 1. The maximum absolute atomic E-state index is 12.7. The van der Waals surface area contributed by atoms with Gasteiger partial charge in [0.2, 0.25) is 0 Å². The smallest absolute Gasteiger partial charge is 0.264 e. The van der Waals surface area contributed by atoms with Crippen molar-refractivity contribution >= 4 is 33.3 Å². The molecule has 0 aromatic carbocycles. The Kier molecular flexibility index (Phi) is 4.29. The second-order valence-electron chi connectivity index (χ2n) is 5.61. The molecule has 0 aliphatic carbocycles. The van der Waals surface area contributed by atoms with E-state index in [2.05, 4.69) is 28.7 Å². The van der Waals surface area contributed by atoms with Crippen molar-refractivity contribution < 1.29 is 4.79 Å². The Morgan fingerprint density at radius 3 is 2.59 bits per heavy atom. The zero-order valence-electron chi connectivity index (χ0n) is 13.4. The lowest BCUT2D eigenvalue weighted by Crippen LogP contribution is -2.27. The van der Waals surface area contributed by atoms with Gasteiger partial charge in [-0.25, -0.2) is 9.97 Å². The van der Waals surface area contributed by atoms with E-state index in [1.54, 1.807) is 6.33 Å². The zero-order chi connectivity index (χ0) is 15.7. The molecule has 6 heteroatoms. The molecule has 2 aromatic heterocycles. The number of nitrogens with zero attached hydrogens (tertiary/aromatic N) is 4. The van der Waals surface area contributed by atoms with Crippen LogP contribution in [0.1, 0.15) is 41.9 Å². The van der Waals surface area contributed by atoms with Gasteiger partial charge >= 0.3 is 0 Å². The molecule has 1 amide bonds. The lowest BCUT2D eigenvalue weighted by atomic mass is 10.2. The Balaban J connectivity index is 2.09. The van der Waals surface area contributed by atoms with Crippen molar-refractivity contribution in [2.24, 2.45) is 0 Å². The maximum atomic E-state index is 12.7. The SMILES string of the molecule is CCN(CC)c1ncnc2sc(C(=O)N3CCCC3)c(C)c12. The van der Waals surface area contributed by atoms with E-state index in [0.29, 0.717) is 0 Å². The normalized spacial score (nSPS) is 14.8. The molecule has 1 saturated heterocycles. The summed E-state index contributed by atoms with van der Waals surface area (Å²) in [5.41, 5.74) is 1.03. The fourth-order valence-electron chi connectivity index (χ4n) is 3.08. The number of likely N-dealkylation sites (tertiary alicyclic amines) is 1. The van der Waals surface area contributed by atoms with E-state index < -0.39 is 0 Å². The van der Waals surface area contributed by atoms with Crippen molar-refractivity contribution in [3.63, 3.8) is 0 Å². The molecule has 0 N–H and O–H groups in total. The van der Waals surface area contributed by atoms with Crippen LogP contribution in [0.2, 0.25) is 0 Å². The average Bonchev–Trinajstić information content (AvgIpc) is 3.17. The fraction of sp³-hybridized carbons (Fsp3) is 0.562. The van der Waals surface area contributed by atoms with Gasteiger partial charge in [-0.1, -0.05) is 0 Å². The highest BCUT2D eigenvalue weighted by Gasteiger charge is 2.26. The number of carbonyl (C=O) groups is 1. The summed E-state index contributed by atoms with van der Waals surface area (Å²) in [6.07, 6.45) is 3.83. The highest BCUT2D eigenvalue weighted by Crippen LogP contribution is 2.35. The van der Waals surface area contributed by atoms with Crippen molar-refractivity contribution in [2.75, 3.05) is 31.1 Å². The number of amides is 1. The number of aryl methyl sites for hydroxylation is 1. The van der Waals surface area contributed by atoms with Crippen LogP contribution in [-0.2, 0) is 0 Å². The molecule has 5 nitrogen and oxygen atoms in total. The van der Waals surface area contributed by atoms with Crippen molar-refractivity contribution in [1.82, 2.24) is 14.9 Å². The second-order valence-corrected chi connectivity index (χ2v) is 6.60. The zero-order valence-corrected chi connectivity index (χ0v) is 14.2. The van der Waals surface area contributed by atoms with Gasteiger partial charge in [0.25, 0.3) is 5.91 Å². The molecule has 0 saturated carbocycles. The summed E-state index contributed by atoms with van der Waals surface area (Å²) >= 11 is 1.50. The van der Waals surface area contributed by atoms with Gasteiger partial charge in [0, 0.05) is 26.2 Å². The van der Waals surface area contributed by atoms with E-state index in [1.165, 1.54) is 11.3 Å². The maximum Gasteiger partial charge on any atom is 0.264 e. The molecule has 0 radical (unpaired) electrons. The molecule has 0 unspecified atom stereocenters. The highest BCUT2D eigenvalue weighted by molar-refractivity contribution is 7.20. The van der Waals surface area contributed by atoms with Crippen molar-refractivity contribution in [1.29, 1.82) is 0 Å². The summed E-state index contributed by atoms with van der Waals surface area (Å²) in [6.45, 7) is 9.81. The number of thiophene rings is 1. The number of aromatic nitrogens is 2. The van der Waals surface area contributed by atoms with Gasteiger partial charge in [-0.05, 0) is 39.2 Å². The van der Waals surface area contributed by atoms with E-state index in [1.807, 2.05) is 11.8 Å². The Morgan fingerprint density at radius 2 is 1.95 bits per heavy atom. The first-order valence-corrected chi connectivity index (χ1v) is 8.77. The molecule has 2 aromatic rings. The van der Waals surface area contributed by atoms with Crippen LogP contribution >= 0.6 is 11.3 Å². The third kappa shape index (κ3) is 2.45. The summed E-state index contributed by atoms with van der Waals surface area (Å²) in [4.78, 5) is 27.5. The Bertz CT molecular complexity index is 687. The van der Waals surface area contributed by atoms with Crippen LogP contribution in [0, 0.1) is 6.92 Å². The van der Waals surface area contributed by atoms with Crippen LogP contribution < -0.4 is 4.90 Å². The van der Waals surface area contributed by atoms with Crippen LogP contribution in [0.25, 0.3) is 10.2 Å². The minimum absolute atomic E-state index is 0.156. The van der Waals surface area contributed by atoms with Gasteiger partial charge in [-0.2, -0.15) is 0 Å². The predicted molar refractivity (Wildman–Crippen MR) is 90.9 cm³/mol. The quantitative estimate of drug-likeness (QED) is 0.869. The molecule has 3 heterocycles. The number of hydrogen-bond donors (Lipinski definition) is 0. The monoisotopic (exact) mass is 318 g/mol. The van der Waals surface area contributed by atoms with Crippen LogP contribution in [0.5, 0.6) is 0 Å². The molecule has 1 aliphatic rings. The van der Waals surface area contributed by atoms with Gasteiger partial charge in [-0.3, -0.25) is 4.79 Å². The summed E-state index contributed by atoms with van der Waals surface area (Å²) in [5, 5.41) is 1.04. The Labute approximate surface area is 135 Å². The molecular formula is C16H22N4OS. The molecule has 118 valence electrons. The molecule has 22 heavy (non-hydrogen) atoms. The molecule has 0 bridgehead atoms. The number of rotatable bonds is 4. The fourth-order valence-corrected chi connectivity index (χ4v) is 4.19. The first-order valence-electron chi connectivity index (χ1n) is 7.95. The summed E-state index contributed by atoms with van der Waals surface area (Å²) in [6, 6.07) is 0. The summed E-state index contributed by atoms with van der Waals surface area (Å²) < 4.78 is 0. The van der Waals surface area contributed by atoms with Gasteiger partial charge in [0.15, 0.2) is 0 Å². The Hall–Kier alpha value is -1.69. The van der Waals surface area contributed by atoms with Crippen LogP contribution in [0.15, 0.2) is 6.33 Å². The van der Waals surface area contributed by atoms with E-state index in [4.69, 9.17) is 0 Å². The molecule has 1 aliphatic heterocycles. The largest absolute Gasteiger partial charge is 0.357 e. The Morgan fingerprint density at radius 1 is 1.27 bits per heavy atom. The van der Waals surface area contributed by atoms with Crippen LogP contribution in [0.4, 0.5) is 5.82 Å². The first-order chi connectivity index (χ1) is 10.7. The van der Waals surface area contributed by atoms with Gasteiger partial charge in [-0.15, -0.1) is 11.3 Å². The van der Waals surface area contributed by atoms with Gasteiger partial charge in [0.1, 0.15) is 17.0 Å². The van der Waals surface area contributed by atoms with Crippen molar-refractivity contribution in [2.45, 2.75) is 33.6 Å². The summed E-state index contributed by atoms with van der Waals surface area (Å²) in [5.74, 6) is 1.10. The highest BCUT2D eigenvalue weighted by atomic mass is 32.1. The minimum atomic E-state index is 0.156. The van der Waals surface area contributed by atoms with Crippen molar-refractivity contribution in [3.05, 3.63) is 16.8 Å². The minimum Gasteiger partial charge on any atom is -0.357 e. The lowest BCUT2D eigenvalue weighted by Gasteiger charge is -2.20. The average molecular weight is 318 g/mol. The molecular weight excluding hydrogens is 296 g/mol. The number of anilines is 1. The third-order valence-electron chi connectivity index (χ3n) is 4.36. The number of hydrogen-bond acceptors (Lipinski definition) is 5. The molecule has 0 atom stereocenters. The van der Waals surface area contributed by atoms with Crippen LogP contribution in [-0.4, -0.2) is 47.0 Å². The predicted octanol–water partition coefficient (Wildman–Crippen LogP) is 3.08. The van der Waals surface area contributed by atoms with E-state index in [0.717, 1.165) is 65.5 Å². The van der Waals surface area contributed by atoms with Gasteiger partial charge in [0.05, 0.1) is 10.3 Å². The second kappa shape index (κ2) is 6.20.